The average Bonchev–Trinajstić information content (AvgIpc) is 2.62. The summed E-state index contributed by atoms with van der Waals surface area (Å²) in [5, 5.41) is 0. The summed E-state index contributed by atoms with van der Waals surface area (Å²) in [5.74, 6) is 0.452. The Labute approximate surface area is 150 Å². The maximum absolute atomic E-state index is 12.3. The molecule has 0 atom stereocenters. The number of amides is 1. The van der Waals surface area contributed by atoms with E-state index in [2.05, 4.69) is 6.92 Å². The molecule has 1 amide bonds. The van der Waals surface area contributed by atoms with Gasteiger partial charge in [0.15, 0.2) is 0 Å². The van der Waals surface area contributed by atoms with Gasteiger partial charge in [-0.05, 0) is 43.5 Å². The van der Waals surface area contributed by atoms with E-state index in [4.69, 9.17) is 9.47 Å². The first-order valence-corrected chi connectivity index (χ1v) is 8.96. The lowest BCUT2D eigenvalue weighted by molar-refractivity contribution is -0.143. The lowest BCUT2D eigenvalue weighted by Crippen LogP contribution is -2.32. The van der Waals surface area contributed by atoms with Crippen molar-refractivity contribution in [3.63, 3.8) is 0 Å². The van der Waals surface area contributed by atoms with Crippen molar-refractivity contribution in [2.45, 2.75) is 40.0 Å². The van der Waals surface area contributed by atoms with Gasteiger partial charge in [0.25, 0.3) is 0 Å². The minimum atomic E-state index is -0.275. The Balaban J connectivity index is 2.59. The van der Waals surface area contributed by atoms with Crippen LogP contribution in [0.3, 0.4) is 0 Å². The minimum absolute atomic E-state index is 0.0996. The molecule has 0 saturated carbocycles. The topological polar surface area (TPSA) is 55.8 Å². The first-order valence-electron chi connectivity index (χ1n) is 8.96. The van der Waals surface area contributed by atoms with Crippen LogP contribution in [0.5, 0.6) is 5.75 Å². The molecule has 1 aromatic rings. The zero-order valence-electron chi connectivity index (χ0n) is 15.5. The van der Waals surface area contributed by atoms with Gasteiger partial charge in [-0.3, -0.25) is 9.59 Å². The monoisotopic (exact) mass is 347 g/mol. The number of nitrogens with zero attached hydrogens (tertiary/aromatic N) is 1. The molecule has 0 fully saturated rings. The Hall–Kier alpha value is -2.30. The van der Waals surface area contributed by atoms with Crippen LogP contribution in [-0.4, -0.2) is 43.1 Å². The summed E-state index contributed by atoms with van der Waals surface area (Å²) in [4.78, 5) is 25.5. The normalized spacial score (nSPS) is 10.7. The fourth-order valence-corrected chi connectivity index (χ4v) is 2.23. The Morgan fingerprint density at radius 2 is 1.76 bits per heavy atom. The predicted octanol–water partition coefficient (Wildman–Crippen LogP) is 3.68. The molecule has 0 radical (unpaired) electrons. The van der Waals surface area contributed by atoms with E-state index in [1.54, 1.807) is 24.0 Å². The van der Waals surface area contributed by atoms with Crippen LogP contribution in [0.4, 0.5) is 0 Å². The molecule has 0 aliphatic heterocycles. The van der Waals surface area contributed by atoms with Crippen LogP contribution < -0.4 is 4.74 Å². The van der Waals surface area contributed by atoms with Gasteiger partial charge in [0.1, 0.15) is 5.75 Å². The van der Waals surface area contributed by atoms with Crippen molar-refractivity contribution in [2.75, 3.05) is 26.3 Å². The third kappa shape index (κ3) is 8.38. The standard InChI is InChI=1S/C20H29NO4/c1-4-14-21(15-13-20(23)24-6-3)19(22)12-9-17-7-10-18(11-8-17)25-16-5-2/h7-12H,4-6,13-16H2,1-3H3/b12-9+. The Morgan fingerprint density at radius 3 is 2.36 bits per heavy atom. The molecule has 0 bridgehead atoms. The number of rotatable bonds is 11. The summed E-state index contributed by atoms with van der Waals surface area (Å²) in [6, 6.07) is 7.61. The van der Waals surface area contributed by atoms with Crippen molar-refractivity contribution < 1.29 is 19.1 Å². The highest BCUT2D eigenvalue weighted by molar-refractivity contribution is 5.92. The van der Waals surface area contributed by atoms with Crippen molar-refractivity contribution in [2.24, 2.45) is 0 Å². The second-order valence-electron chi connectivity index (χ2n) is 5.63. The summed E-state index contributed by atoms with van der Waals surface area (Å²) < 4.78 is 10.4. The fourth-order valence-electron chi connectivity index (χ4n) is 2.23. The number of benzene rings is 1. The van der Waals surface area contributed by atoms with Crippen LogP contribution >= 0.6 is 0 Å². The number of esters is 1. The molecule has 25 heavy (non-hydrogen) atoms. The molecular weight excluding hydrogens is 318 g/mol. The number of hydrogen-bond donors (Lipinski definition) is 0. The van der Waals surface area contributed by atoms with Gasteiger partial charge in [-0.1, -0.05) is 26.0 Å². The van der Waals surface area contributed by atoms with Crippen molar-refractivity contribution >= 4 is 18.0 Å². The Morgan fingerprint density at radius 1 is 1.04 bits per heavy atom. The number of carbonyl (C=O) groups excluding carboxylic acids is 2. The summed E-state index contributed by atoms with van der Waals surface area (Å²) in [7, 11) is 0. The molecule has 0 aliphatic carbocycles. The molecule has 1 rings (SSSR count). The first-order chi connectivity index (χ1) is 12.1. The smallest absolute Gasteiger partial charge is 0.307 e. The summed E-state index contributed by atoms with van der Waals surface area (Å²) in [6.45, 7) is 7.88. The van der Waals surface area contributed by atoms with E-state index in [0.29, 0.717) is 26.3 Å². The molecule has 0 aliphatic rings. The number of carbonyl (C=O) groups is 2. The molecule has 138 valence electrons. The summed E-state index contributed by atoms with van der Waals surface area (Å²) in [6.07, 6.45) is 5.35. The molecule has 0 heterocycles. The van der Waals surface area contributed by atoms with Crippen molar-refractivity contribution in [3.05, 3.63) is 35.9 Å². The van der Waals surface area contributed by atoms with E-state index in [9.17, 15) is 9.59 Å². The second-order valence-corrected chi connectivity index (χ2v) is 5.63. The summed E-state index contributed by atoms with van der Waals surface area (Å²) >= 11 is 0. The first kappa shape index (κ1) is 20.7. The van der Waals surface area contributed by atoms with Crippen molar-refractivity contribution in [1.82, 2.24) is 4.90 Å². The van der Waals surface area contributed by atoms with Crippen LogP contribution in [0.2, 0.25) is 0 Å². The van der Waals surface area contributed by atoms with E-state index in [-0.39, 0.29) is 18.3 Å². The van der Waals surface area contributed by atoms with Crippen LogP contribution in [0, 0.1) is 0 Å². The zero-order valence-corrected chi connectivity index (χ0v) is 15.5. The van der Waals surface area contributed by atoms with Crippen LogP contribution in [0.25, 0.3) is 6.08 Å². The third-order valence-electron chi connectivity index (χ3n) is 3.47. The minimum Gasteiger partial charge on any atom is -0.494 e. The van der Waals surface area contributed by atoms with Gasteiger partial charge in [-0.2, -0.15) is 0 Å². The highest BCUT2D eigenvalue weighted by atomic mass is 16.5. The fraction of sp³-hybridized carbons (Fsp3) is 0.500. The number of hydrogen-bond acceptors (Lipinski definition) is 4. The quantitative estimate of drug-likeness (QED) is 0.453. The van der Waals surface area contributed by atoms with Gasteiger partial charge in [-0.15, -0.1) is 0 Å². The van der Waals surface area contributed by atoms with Gasteiger partial charge in [-0.25, -0.2) is 0 Å². The van der Waals surface area contributed by atoms with Crippen molar-refractivity contribution in [1.29, 1.82) is 0 Å². The molecule has 0 N–H and O–H groups in total. The molecule has 0 saturated heterocycles. The molecular formula is C20H29NO4. The van der Waals surface area contributed by atoms with Crippen LogP contribution in [0.15, 0.2) is 30.3 Å². The van der Waals surface area contributed by atoms with E-state index >= 15 is 0 Å². The highest BCUT2D eigenvalue weighted by Gasteiger charge is 2.12. The van der Waals surface area contributed by atoms with E-state index in [1.807, 2.05) is 31.2 Å². The van der Waals surface area contributed by atoms with E-state index in [1.165, 1.54) is 0 Å². The van der Waals surface area contributed by atoms with Gasteiger partial charge < -0.3 is 14.4 Å². The van der Waals surface area contributed by atoms with E-state index < -0.39 is 0 Å². The molecule has 1 aromatic carbocycles. The zero-order chi connectivity index (χ0) is 18.5. The number of ether oxygens (including phenoxy) is 2. The van der Waals surface area contributed by atoms with Gasteiger partial charge in [0, 0.05) is 19.2 Å². The lowest BCUT2D eigenvalue weighted by atomic mass is 10.2. The van der Waals surface area contributed by atoms with Gasteiger partial charge >= 0.3 is 5.97 Å². The molecule has 5 nitrogen and oxygen atoms in total. The second kappa shape index (κ2) is 12.1. The molecule has 0 aromatic heterocycles. The third-order valence-corrected chi connectivity index (χ3v) is 3.47. The van der Waals surface area contributed by atoms with Gasteiger partial charge in [0.2, 0.25) is 5.91 Å². The Kier molecular flexibility index (Phi) is 10.1. The van der Waals surface area contributed by atoms with Gasteiger partial charge in [0.05, 0.1) is 19.6 Å². The van der Waals surface area contributed by atoms with Crippen molar-refractivity contribution in [3.8, 4) is 5.75 Å². The summed E-state index contributed by atoms with van der Waals surface area (Å²) in [5.41, 5.74) is 0.930. The van der Waals surface area contributed by atoms with Crippen LogP contribution in [-0.2, 0) is 14.3 Å². The maximum atomic E-state index is 12.3. The SMILES string of the molecule is CCCOc1ccc(/C=C/C(=O)N(CCC)CCC(=O)OCC)cc1. The molecule has 0 spiro atoms. The largest absolute Gasteiger partial charge is 0.494 e. The lowest BCUT2D eigenvalue weighted by Gasteiger charge is -2.20. The predicted molar refractivity (Wildman–Crippen MR) is 99.4 cm³/mol. The van der Waals surface area contributed by atoms with Crippen LogP contribution in [0.1, 0.15) is 45.6 Å². The van der Waals surface area contributed by atoms with E-state index in [0.717, 1.165) is 24.2 Å². The Bertz CT molecular complexity index is 551. The maximum Gasteiger partial charge on any atom is 0.307 e. The highest BCUT2D eigenvalue weighted by Crippen LogP contribution is 2.13. The molecule has 5 heteroatoms. The molecule has 0 unspecified atom stereocenters. The average molecular weight is 347 g/mol.